The number of methoxy groups -OCH3 is 2. The van der Waals surface area contributed by atoms with E-state index in [9.17, 15) is 4.79 Å². The normalized spacial score (nSPS) is 20.8. The summed E-state index contributed by atoms with van der Waals surface area (Å²) < 4.78 is 18.7. The van der Waals surface area contributed by atoms with Crippen LogP contribution in [0.3, 0.4) is 0 Å². The fraction of sp³-hybridized carbons (Fsp3) is 0.486. The summed E-state index contributed by atoms with van der Waals surface area (Å²) in [5, 5.41) is 0.402. The number of rotatable bonds is 15. The van der Waals surface area contributed by atoms with Gasteiger partial charge in [-0.05, 0) is 92.6 Å². The summed E-state index contributed by atoms with van der Waals surface area (Å²) in [5.41, 5.74) is 1.80. The number of hydrogen-bond donors (Lipinski definition) is 0. The first-order valence-electron chi connectivity index (χ1n) is 15.8. The van der Waals surface area contributed by atoms with Crippen molar-refractivity contribution in [2.45, 2.75) is 64.1 Å². The summed E-state index contributed by atoms with van der Waals surface area (Å²) in [4.78, 5) is 23.6. The quantitative estimate of drug-likeness (QED) is 0.184. The lowest BCUT2D eigenvalue weighted by atomic mass is 9.97. The lowest BCUT2D eigenvalue weighted by molar-refractivity contribution is -0.107. The van der Waals surface area contributed by atoms with E-state index in [1.54, 1.807) is 19.1 Å². The maximum Gasteiger partial charge on any atom is 0.214 e. The topological polar surface area (TPSA) is 66.8 Å². The Hall–Kier alpha value is -3.01. The highest BCUT2D eigenvalue weighted by Crippen LogP contribution is 2.42. The second kappa shape index (κ2) is 15.5. The van der Waals surface area contributed by atoms with Gasteiger partial charge in [0.15, 0.2) is 11.5 Å². The highest BCUT2D eigenvalue weighted by atomic mass is 79.9. The third kappa shape index (κ3) is 7.87. The molecule has 0 saturated carbocycles. The molecule has 3 heterocycles. The van der Waals surface area contributed by atoms with Gasteiger partial charge in [0.25, 0.3) is 0 Å². The maximum absolute atomic E-state index is 11.9. The molecule has 3 unspecified atom stereocenters. The van der Waals surface area contributed by atoms with Gasteiger partial charge >= 0.3 is 0 Å². The summed E-state index contributed by atoms with van der Waals surface area (Å²) in [5.74, 6) is 3.43. The minimum Gasteiger partial charge on any atom is -0.496 e. The molecule has 242 valence electrons. The van der Waals surface area contributed by atoms with Crippen LogP contribution in [0.2, 0.25) is 5.02 Å². The molecule has 2 aromatic rings. The van der Waals surface area contributed by atoms with Crippen LogP contribution in [0.5, 0.6) is 17.2 Å². The van der Waals surface area contributed by atoms with Gasteiger partial charge in [-0.1, -0.05) is 47.5 Å². The molecule has 3 aliphatic heterocycles. The SMILES string of the molecule is COc1ccc(Br)cc1CC1C(CN2CCCC2CCOc2c(OC)ccc(N(C=O)CCC(C)C)c2Cl)N=C2C=CC=CN21. The van der Waals surface area contributed by atoms with Crippen molar-refractivity contribution < 1.29 is 19.0 Å². The molecule has 45 heavy (non-hydrogen) atoms. The second-order valence-electron chi connectivity index (χ2n) is 12.2. The summed E-state index contributed by atoms with van der Waals surface area (Å²) in [7, 11) is 3.33. The van der Waals surface area contributed by atoms with Crippen molar-refractivity contribution in [1.29, 1.82) is 0 Å². The molecule has 0 aliphatic carbocycles. The van der Waals surface area contributed by atoms with E-state index in [1.165, 1.54) is 0 Å². The van der Waals surface area contributed by atoms with E-state index in [2.05, 4.69) is 70.1 Å². The van der Waals surface area contributed by atoms with Crippen LogP contribution >= 0.6 is 27.5 Å². The van der Waals surface area contributed by atoms with Crippen LogP contribution in [0.4, 0.5) is 5.69 Å². The van der Waals surface area contributed by atoms with Gasteiger partial charge in [0, 0.05) is 29.8 Å². The van der Waals surface area contributed by atoms with Gasteiger partial charge < -0.3 is 24.0 Å². The largest absolute Gasteiger partial charge is 0.496 e. The van der Waals surface area contributed by atoms with Crippen molar-refractivity contribution in [3.63, 3.8) is 0 Å². The van der Waals surface area contributed by atoms with E-state index < -0.39 is 0 Å². The minimum absolute atomic E-state index is 0.115. The smallest absolute Gasteiger partial charge is 0.214 e. The molecule has 1 fully saturated rings. The summed E-state index contributed by atoms with van der Waals surface area (Å²) >= 11 is 10.5. The number of hydrogen-bond acceptors (Lipinski definition) is 7. The molecule has 0 spiro atoms. The van der Waals surface area contributed by atoms with Crippen LogP contribution in [-0.2, 0) is 11.2 Å². The minimum atomic E-state index is 0.115. The van der Waals surface area contributed by atoms with E-state index in [0.29, 0.717) is 47.3 Å². The number of amides is 1. The number of likely N-dealkylation sites (tertiary alicyclic amines) is 1. The van der Waals surface area contributed by atoms with Crippen molar-refractivity contribution in [3.05, 3.63) is 69.8 Å². The Balaban J connectivity index is 1.26. The lowest BCUT2D eigenvalue weighted by Gasteiger charge is -2.32. The van der Waals surface area contributed by atoms with Crippen LogP contribution in [0.25, 0.3) is 0 Å². The number of carbonyl (C=O) groups excluding carboxylic acids is 1. The number of allylic oxidation sites excluding steroid dienone is 2. The van der Waals surface area contributed by atoms with Crippen molar-refractivity contribution >= 4 is 45.5 Å². The number of anilines is 1. The average molecular weight is 700 g/mol. The number of ether oxygens (including phenoxy) is 3. The Morgan fingerprint density at radius 2 is 1.96 bits per heavy atom. The van der Waals surface area contributed by atoms with Gasteiger partial charge in [0.1, 0.15) is 16.6 Å². The van der Waals surface area contributed by atoms with Gasteiger partial charge in [0.05, 0.1) is 38.6 Å². The number of aliphatic imine (C=N–C) groups is 1. The Morgan fingerprint density at radius 3 is 2.71 bits per heavy atom. The van der Waals surface area contributed by atoms with Crippen molar-refractivity contribution in [1.82, 2.24) is 9.80 Å². The summed E-state index contributed by atoms with van der Waals surface area (Å²) in [6, 6.07) is 10.5. The first-order valence-corrected chi connectivity index (χ1v) is 17.0. The zero-order chi connectivity index (χ0) is 31.9. The molecule has 1 amide bonds. The van der Waals surface area contributed by atoms with Gasteiger partial charge in [-0.3, -0.25) is 14.7 Å². The number of benzene rings is 2. The average Bonchev–Trinajstić information content (AvgIpc) is 3.62. The molecule has 8 nitrogen and oxygen atoms in total. The molecular formula is C35H44BrClN4O4. The lowest BCUT2D eigenvalue weighted by Crippen LogP contribution is -2.44. The highest BCUT2D eigenvalue weighted by molar-refractivity contribution is 9.10. The molecule has 0 bridgehead atoms. The molecular weight excluding hydrogens is 656 g/mol. The highest BCUT2D eigenvalue weighted by Gasteiger charge is 2.38. The molecule has 3 aliphatic rings. The van der Waals surface area contributed by atoms with Crippen LogP contribution in [0, 0.1) is 5.92 Å². The predicted octanol–water partition coefficient (Wildman–Crippen LogP) is 7.14. The molecule has 0 aromatic heterocycles. The Labute approximate surface area is 280 Å². The molecule has 0 N–H and O–H groups in total. The standard InChI is InChI=1S/C35H44BrClN4O4/c1-24(2)14-18-40(23-42)29-11-13-32(44-4)35(34(29)37)45-19-15-27-8-7-16-39(27)22-28-30(41-17-6-5-9-33(41)38-28)21-25-20-26(36)10-12-31(25)43-3/h5-6,9-13,17,20,23-24,27-28,30H,7-8,14-16,18-19,21-22H2,1-4H3. The van der Waals surface area contributed by atoms with Crippen LogP contribution in [0.15, 0.2) is 64.2 Å². The Kier molecular flexibility index (Phi) is 11.5. The summed E-state index contributed by atoms with van der Waals surface area (Å²) in [6.45, 7) is 7.26. The maximum atomic E-state index is 11.9. The zero-order valence-electron chi connectivity index (χ0n) is 26.6. The number of carbonyl (C=O) groups is 1. The number of nitrogens with zero attached hydrogens (tertiary/aromatic N) is 4. The van der Waals surface area contributed by atoms with Crippen molar-refractivity contribution in [2.75, 3.05) is 45.4 Å². The van der Waals surface area contributed by atoms with Crippen LogP contribution < -0.4 is 19.1 Å². The second-order valence-corrected chi connectivity index (χ2v) is 13.5. The van der Waals surface area contributed by atoms with Gasteiger partial charge in [-0.25, -0.2) is 0 Å². The fourth-order valence-electron chi connectivity index (χ4n) is 6.48. The number of halogens is 2. The first-order chi connectivity index (χ1) is 21.8. The van der Waals surface area contributed by atoms with Gasteiger partial charge in [0.2, 0.25) is 6.41 Å². The first kappa shape index (κ1) is 33.4. The predicted molar refractivity (Wildman–Crippen MR) is 185 cm³/mol. The molecule has 5 rings (SSSR count). The van der Waals surface area contributed by atoms with E-state index in [4.69, 9.17) is 30.8 Å². The molecule has 1 saturated heterocycles. The third-order valence-electron chi connectivity index (χ3n) is 8.90. The zero-order valence-corrected chi connectivity index (χ0v) is 29.0. The Morgan fingerprint density at radius 1 is 1.16 bits per heavy atom. The van der Waals surface area contributed by atoms with Gasteiger partial charge in [-0.2, -0.15) is 0 Å². The molecule has 2 aromatic carbocycles. The van der Waals surface area contributed by atoms with E-state index in [1.807, 2.05) is 24.3 Å². The Bertz CT molecular complexity index is 1430. The third-order valence-corrected chi connectivity index (χ3v) is 9.76. The van der Waals surface area contributed by atoms with Gasteiger partial charge in [-0.15, -0.1) is 0 Å². The molecule has 10 heteroatoms. The van der Waals surface area contributed by atoms with E-state index in [-0.39, 0.29) is 12.1 Å². The van der Waals surface area contributed by atoms with E-state index in [0.717, 1.165) is 73.2 Å². The van der Waals surface area contributed by atoms with E-state index >= 15 is 0 Å². The molecule has 3 atom stereocenters. The number of amidine groups is 1. The monoisotopic (exact) mass is 698 g/mol. The van der Waals surface area contributed by atoms with Crippen molar-refractivity contribution in [2.24, 2.45) is 10.9 Å². The summed E-state index contributed by atoms with van der Waals surface area (Å²) in [6.07, 6.45) is 14.0. The van der Waals surface area contributed by atoms with Crippen molar-refractivity contribution in [3.8, 4) is 17.2 Å². The van der Waals surface area contributed by atoms with Crippen LogP contribution in [-0.4, -0.2) is 80.6 Å². The fourth-order valence-corrected chi connectivity index (χ4v) is 7.21. The number of fused-ring (bicyclic) bond motifs is 1. The molecule has 0 radical (unpaired) electrons. The van der Waals surface area contributed by atoms with Crippen LogP contribution in [0.1, 0.15) is 45.1 Å².